The van der Waals surface area contributed by atoms with Crippen LogP contribution in [0.5, 0.6) is 0 Å². The highest BCUT2D eigenvalue weighted by Crippen LogP contribution is 2.35. The molecule has 0 amide bonds. The lowest BCUT2D eigenvalue weighted by Crippen LogP contribution is -2.17. The van der Waals surface area contributed by atoms with Gasteiger partial charge in [0, 0.05) is 28.7 Å². The highest BCUT2D eigenvalue weighted by Gasteiger charge is 2.24. The van der Waals surface area contributed by atoms with Crippen LogP contribution in [0.15, 0.2) is 12.1 Å². The Morgan fingerprint density at radius 3 is 2.85 bits per heavy atom. The Balaban J connectivity index is 1.91. The van der Waals surface area contributed by atoms with Crippen LogP contribution < -0.4 is 5.32 Å². The van der Waals surface area contributed by atoms with Crippen molar-refractivity contribution in [2.75, 3.05) is 0 Å². The molecule has 20 heavy (non-hydrogen) atoms. The van der Waals surface area contributed by atoms with Crippen LogP contribution in [0.4, 0.5) is 0 Å². The van der Waals surface area contributed by atoms with Crippen molar-refractivity contribution in [3.05, 3.63) is 39.0 Å². The molecular formula is C16H16Cl2N2. The quantitative estimate of drug-likeness (QED) is 0.915. The summed E-state index contributed by atoms with van der Waals surface area (Å²) in [5.41, 5.74) is 4.92. The van der Waals surface area contributed by atoms with Crippen LogP contribution in [0, 0.1) is 0 Å². The second-order valence-electron chi connectivity index (χ2n) is 5.81. The lowest BCUT2D eigenvalue weighted by atomic mass is 10.0. The predicted molar refractivity (Wildman–Crippen MR) is 83.6 cm³/mol. The van der Waals surface area contributed by atoms with E-state index in [0.717, 1.165) is 30.3 Å². The average molecular weight is 307 g/mol. The molecule has 4 rings (SSSR count). The van der Waals surface area contributed by atoms with Gasteiger partial charge in [-0.2, -0.15) is 0 Å². The van der Waals surface area contributed by atoms with E-state index in [1.54, 1.807) is 6.07 Å². The second-order valence-corrected chi connectivity index (χ2v) is 6.65. The first kappa shape index (κ1) is 12.9. The molecule has 0 spiro atoms. The van der Waals surface area contributed by atoms with Gasteiger partial charge in [0.2, 0.25) is 0 Å². The van der Waals surface area contributed by atoms with Gasteiger partial charge in [-0.15, -0.1) is 0 Å². The predicted octanol–water partition coefficient (Wildman–Crippen LogP) is 4.28. The normalized spacial score (nSPS) is 17.7. The molecule has 2 aromatic rings. The summed E-state index contributed by atoms with van der Waals surface area (Å²) in [7, 11) is 0. The van der Waals surface area contributed by atoms with Crippen molar-refractivity contribution in [3.63, 3.8) is 0 Å². The zero-order chi connectivity index (χ0) is 13.7. The fourth-order valence-corrected chi connectivity index (χ4v) is 3.65. The van der Waals surface area contributed by atoms with E-state index in [0.29, 0.717) is 16.1 Å². The van der Waals surface area contributed by atoms with Gasteiger partial charge in [-0.25, -0.2) is 0 Å². The minimum absolute atomic E-state index is 0.662. The number of benzene rings is 1. The number of fused-ring (bicyclic) bond motifs is 2. The van der Waals surface area contributed by atoms with Crippen LogP contribution in [-0.4, -0.2) is 11.0 Å². The number of nitrogens with zero attached hydrogens (tertiary/aromatic N) is 1. The summed E-state index contributed by atoms with van der Waals surface area (Å²) >= 11 is 12.5. The molecule has 2 nitrogen and oxygen atoms in total. The molecule has 0 unspecified atom stereocenters. The first-order valence-electron chi connectivity index (χ1n) is 7.25. The number of nitrogens with one attached hydrogen (secondary N) is 1. The zero-order valence-corrected chi connectivity index (χ0v) is 12.7. The molecule has 1 heterocycles. The molecule has 0 radical (unpaired) electrons. The third-order valence-electron chi connectivity index (χ3n) is 4.30. The summed E-state index contributed by atoms with van der Waals surface area (Å²) in [6, 6.07) is 4.50. The summed E-state index contributed by atoms with van der Waals surface area (Å²) in [5.74, 6) is 0. The van der Waals surface area contributed by atoms with Gasteiger partial charge in [-0.3, -0.25) is 4.98 Å². The van der Waals surface area contributed by atoms with Gasteiger partial charge in [-0.1, -0.05) is 23.2 Å². The van der Waals surface area contributed by atoms with Crippen molar-refractivity contribution < 1.29 is 0 Å². The third kappa shape index (κ3) is 2.20. The number of aryl methyl sites for hydroxylation is 1. The summed E-state index contributed by atoms with van der Waals surface area (Å²) in [6.45, 7) is 0.905. The van der Waals surface area contributed by atoms with E-state index in [1.807, 2.05) is 6.07 Å². The van der Waals surface area contributed by atoms with E-state index in [2.05, 4.69) is 5.32 Å². The minimum atomic E-state index is 0.662. The smallest absolute Gasteiger partial charge is 0.0895 e. The molecule has 0 aliphatic heterocycles. The topological polar surface area (TPSA) is 24.9 Å². The standard InChI is InChI=1S/C16H16Cl2N2/c17-9-6-12-13(8-19-10-4-5-10)11-2-1-3-15(11)20-16(12)14(18)7-9/h6-7,10,19H,1-5,8H2. The van der Waals surface area contributed by atoms with Crippen molar-refractivity contribution in [2.45, 2.75) is 44.7 Å². The number of rotatable bonds is 3. The molecule has 0 saturated heterocycles. The summed E-state index contributed by atoms with van der Waals surface area (Å²) < 4.78 is 0. The van der Waals surface area contributed by atoms with Gasteiger partial charge in [-0.05, 0) is 55.4 Å². The maximum atomic E-state index is 6.34. The van der Waals surface area contributed by atoms with Crippen LogP contribution in [0.2, 0.25) is 10.0 Å². The minimum Gasteiger partial charge on any atom is -0.310 e. The second kappa shape index (κ2) is 4.87. The van der Waals surface area contributed by atoms with Crippen molar-refractivity contribution in [3.8, 4) is 0 Å². The van der Waals surface area contributed by atoms with E-state index >= 15 is 0 Å². The van der Waals surface area contributed by atoms with Crippen molar-refractivity contribution in [2.24, 2.45) is 0 Å². The molecule has 0 bridgehead atoms. The van der Waals surface area contributed by atoms with Gasteiger partial charge in [0.05, 0.1) is 10.5 Å². The summed E-state index contributed by atoms with van der Waals surface area (Å²) in [4.78, 5) is 4.78. The average Bonchev–Trinajstić information content (AvgIpc) is 3.12. The van der Waals surface area contributed by atoms with Crippen LogP contribution in [0.3, 0.4) is 0 Å². The zero-order valence-electron chi connectivity index (χ0n) is 11.2. The Labute approximate surface area is 128 Å². The number of hydrogen-bond donors (Lipinski definition) is 1. The first-order valence-corrected chi connectivity index (χ1v) is 8.01. The first-order chi connectivity index (χ1) is 9.72. The fourth-order valence-electron chi connectivity index (χ4n) is 3.12. The Morgan fingerprint density at radius 1 is 1.20 bits per heavy atom. The maximum absolute atomic E-state index is 6.34. The molecule has 2 aliphatic rings. The van der Waals surface area contributed by atoms with Crippen LogP contribution in [0.1, 0.15) is 36.1 Å². The van der Waals surface area contributed by atoms with Gasteiger partial charge in [0.25, 0.3) is 0 Å². The largest absolute Gasteiger partial charge is 0.310 e. The van der Waals surface area contributed by atoms with Gasteiger partial charge in [0.15, 0.2) is 0 Å². The Hall–Kier alpha value is -0.830. The number of halogens is 2. The highest BCUT2D eigenvalue weighted by molar-refractivity contribution is 6.38. The molecule has 0 atom stereocenters. The van der Waals surface area contributed by atoms with Crippen LogP contribution in [0.25, 0.3) is 10.9 Å². The molecule has 1 fully saturated rings. The van der Waals surface area contributed by atoms with Crippen molar-refractivity contribution >= 4 is 34.1 Å². The fraction of sp³-hybridized carbons (Fsp3) is 0.438. The Kier molecular flexibility index (Phi) is 3.13. The molecule has 1 aromatic carbocycles. The van der Waals surface area contributed by atoms with Gasteiger partial charge in [0.1, 0.15) is 0 Å². The third-order valence-corrected chi connectivity index (χ3v) is 4.80. The van der Waals surface area contributed by atoms with Crippen molar-refractivity contribution in [1.29, 1.82) is 0 Å². The Morgan fingerprint density at radius 2 is 2.05 bits per heavy atom. The molecule has 1 saturated carbocycles. The van der Waals surface area contributed by atoms with Crippen molar-refractivity contribution in [1.82, 2.24) is 10.3 Å². The van der Waals surface area contributed by atoms with Crippen LogP contribution in [-0.2, 0) is 19.4 Å². The van der Waals surface area contributed by atoms with Crippen LogP contribution >= 0.6 is 23.2 Å². The summed E-state index contributed by atoms with van der Waals surface area (Å²) in [6.07, 6.45) is 5.99. The van der Waals surface area contributed by atoms with Gasteiger partial charge < -0.3 is 5.32 Å². The Bertz CT molecular complexity index is 693. The molecule has 104 valence electrons. The molecule has 2 aliphatic carbocycles. The number of pyridine rings is 1. The monoisotopic (exact) mass is 306 g/mol. The molecule has 1 aromatic heterocycles. The van der Waals surface area contributed by atoms with E-state index in [1.165, 1.54) is 36.1 Å². The number of hydrogen-bond acceptors (Lipinski definition) is 2. The van der Waals surface area contributed by atoms with E-state index in [-0.39, 0.29) is 0 Å². The summed E-state index contributed by atoms with van der Waals surface area (Å²) in [5, 5.41) is 6.09. The van der Waals surface area contributed by atoms with E-state index in [4.69, 9.17) is 28.2 Å². The lowest BCUT2D eigenvalue weighted by molar-refractivity contribution is 0.686. The molecular weight excluding hydrogens is 291 g/mol. The molecule has 4 heteroatoms. The number of aromatic nitrogens is 1. The van der Waals surface area contributed by atoms with E-state index in [9.17, 15) is 0 Å². The highest BCUT2D eigenvalue weighted by atomic mass is 35.5. The molecule has 1 N–H and O–H groups in total. The maximum Gasteiger partial charge on any atom is 0.0895 e. The van der Waals surface area contributed by atoms with Gasteiger partial charge >= 0.3 is 0 Å². The van der Waals surface area contributed by atoms with E-state index < -0.39 is 0 Å². The SMILES string of the molecule is Clc1cc(Cl)c2nc3c(c(CNC4CC4)c2c1)CCC3. The lowest BCUT2D eigenvalue weighted by Gasteiger charge is -2.14.